The quantitative estimate of drug-likeness (QED) is 0.0234. The zero-order chi connectivity index (χ0) is 69.6. The summed E-state index contributed by atoms with van der Waals surface area (Å²) in [6, 6.07) is 5.94. The number of phenols is 2. The molecule has 0 bridgehead atoms. The topological polar surface area (TPSA) is 486 Å². The first kappa shape index (κ1) is 74.2. The molecule has 14 N–H and O–H groups in total. The third-order valence-electron chi connectivity index (χ3n) is 17.1. The number of hydrogen-bond acceptors (Lipinski definition) is 22. The molecule has 94 heavy (non-hydrogen) atoms. The van der Waals surface area contributed by atoms with Gasteiger partial charge in [0.2, 0.25) is 17.7 Å². The summed E-state index contributed by atoms with van der Waals surface area (Å²) in [4.78, 5) is 170. The van der Waals surface area contributed by atoms with Crippen LogP contribution in [0.2, 0.25) is 0 Å². The number of alkyl carbamates (subject to hydrolysis) is 1. The minimum atomic E-state index is -2.44. The number of nitrogens with one attached hydrogen (secondary N) is 4. The number of carbonyl (C=O) groups is 13. The second kappa shape index (κ2) is 32.8. The second-order valence-electron chi connectivity index (χ2n) is 24.5. The number of carboxylic acid groups (broad SMARTS) is 3. The van der Waals surface area contributed by atoms with E-state index in [1.54, 1.807) is 19.9 Å². The standard InChI is InChI=1S/C65H81N5O24/c1-30(2)39(22-45(74)41(16-17-48(76)77)68-62(88)36(21-49(78)79)20-37(72)27-67-61(87)32(4)9-6-7-18-66)63(89)69-42(23-50(80)81)44(73)19-34-12-14-35(15-13-34)29-92-64(90)70-43-24-51(93-33(5)56(43)82)94-46-26-65(91,47(75)28-71)25-40-53(46)60(86)55-54(58(40)84)57(83)38-11-8-10-31(3)52(38)59(55)85/h8,10-15,30,32-33,36,39,41-43,46,51,56,71,82,84,86,91H,6-7,9,16-29,66H2,1-5H3,(H,67,87)(H,68,88)(H,69,89)(H,70,90)(H,76,77)(H,78,79)(H,80,81)/t32-,33-,36-,39-,41-,42-,43?,46-,51-,56+,65-/m0/s1. The van der Waals surface area contributed by atoms with Crippen LogP contribution in [0.15, 0.2) is 42.5 Å². The average Bonchev–Trinajstić information content (AvgIpc) is 0.713. The summed E-state index contributed by atoms with van der Waals surface area (Å²) in [5.74, 6) is -17.4. The molecular weight excluding hydrogens is 1230 g/mol. The van der Waals surface area contributed by atoms with Crippen LogP contribution in [-0.4, -0.2) is 179 Å². The van der Waals surface area contributed by atoms with Gasteiger partial charge in [-0.1, -0.05) is 69.7 Å². The molecule has 29 nitrogen and oxygen atoms in total. The Morgan fingerprint density at radius 1 is 0.755 bits per heavy atom. The number of Topliss-reactive ketones (excluding diaryl/α,β-unsaturated/α-hetero) is 4. The number of amides is 4. The SMILES string of the molecule is Cc1cccc2c1C(=O)c1c(O)c3c(c(O)c1C2=O)C[C@@](O)(C(=O)CO)C[C@@H]3O[C@H]1CC(NC(=O)OCc2ccc(CC(=O)[C@H](CC(=O)O)NC(=O)[C@@H](CC(=O)[C@H](CCC(=O)O)NC(=O)[C@H](CC(=O)O)CC(=O)CNC(=O)[C@@H](C)CCCCN)C(C)C)cc2)[C@H](O)[C@H](C)O1. The fourth-order valence-corrected chi connectivity index (χ4v) is 11.8. The number of aliphatic hydroxyl groups is 3. The number of fused-ring (bicyclic) bond motifs is 3. The second-order valence-corrected chi connectivity index (χ2v) is 24.5. The fraction of sp³-hybridized carbons (Fsp3) is 0.523. The molecule has 1 fully saturated rings. The van der Waals surface area contributed by atoms with Gasteiger partial charge in [0, 0.05) is 79.0 Å². The van der Waals surface area contributed by atoms with Gasteiger partial charge >= 0.3 is 24.0 Å². The number of aliphatic hydroxyl groups excluding tert-OH is 2. The molecule has 1 saturated heterocycles. The third-order valence-corrected chi connectivity index (χ3v) is 17.1. The van der Waals surface area contributed by atoms with Crippen LogP contribution < -0.4 is 27.0 Å². The summed E-state index contributed by atoms with van der Waals surface area (Å²) >= 11 is 0. The van der Waals surface area contributed by atoms with Crippen molar-refractivity contribution in [1.82, 2.24) is 21.3 Å². The lowest BCUT2D eigenvalue weighted by atomic mass is 9.71. The van der Waals surface area contributed by atoms with E-state index in [1.807, 2.05) is 0 Å². The highest BCUT2D eigenvalue weighted by Gasteiger charge is 2.50. The number of carbonyl (C=O) groups excluding carboxylic acids is 10. The van der Waals surface area contributed by atoms with Crippen molar-refractivity contribution in [3.8, 4) is 11.5 Å². The molecule has 0 radical (unpaired) electrons. The molecule has 510 valence electrons. The van der Waals surface area contributed by atoms with Crippen LogP contribution in [-0.2, 0) is 81.6 Å². The van der Waals surface area contributed by atoms with Gasteiger partial charge in [-0.25, -0.2) is 4.79 Å². The van der Waals surface area contributed by atoms with E-state index in [-0.39, 0.29) is 35.3 Å². The monoisotopic (exact) mass is 1320 g/mol. The molecule has 2 aliphatic carbocycles. The number of rotatable bonds is 34. The van der Waals surface area contributed by atoms with Crippen LogP contribution in [0.4, 0.5) is 4.79 Å². The lowest BCUT2D eigenvalue weighted by molar-refractivity contribution is -0.249. The van der Waals surface area contributed by atoms with Crippen LogP contribution in [0.5, 0.6) is 11.5 Å². The molecule has 3 aliphatic rings. The number of hydrogen-bond donors (Lipinski definition) is 13. The van der Waals surface area contributed by atoms with E-state index < -0.39 is 242 Å². The maximum absolute atomic E-state index is 14.0. The van der Waals surface area contributed by atoms with E-state index in [9.17, 15) is 103 Å². The molecule has 1 aliphatic heterocycles. The predicted octanol–water partition coefficient (Wildman–Crippen LogP) is 1.85. The first-order valence-corrected chi connectivity index (χ1v) is 30.8. The normalized spacial score (nSPS) is 20.6. The number of aryl methyl sites for hydroxylation is 1. The van der Waals surface area contributed by atoms with Crippen molar-refractivity contribution >= 4 is 76.4 Å². The molecule has 6 rings (SSSR count). The maximum atomic E-state index is 14.0. The van der Waals surface area contributed by atoms with Gasteiger partial charge in [0.1, 0.15) is 36.4 Å². The van der Waals surface area contributed by atoms with E-state index >= 15 is 0 Å². The van der Waals surface area contributed by atoms with E-state index in [2.05, 4.69) is 21.3 Å². The van der Waals surface area contributed by atoms with Crippen LogP contribution in [0.3, 0.4) is 0 Å². The van der Waals surface area contributed by atoms with Crippen molar-refractivity contribution in [2.75, 3.05) is 19.7 Å². The minimum Gasteiger partial charge on any atom is -0.507 e. The van der Waals surface area contributed by atoms with E-state index in [0.29, 0.717) is 42.5 Å². The Bertz CT molecular complexity index is 3420. The Balaban J connectivity index is 1.07. The van der Waals surface area contributed by atoms with Gasteiger partial charge in [0.05, 0.1) is 66.8 Å². The molecule has 0 spiro atoms. The number of carboxylic acids is 3. The molecule has 3 aromatic carbocycles. The molecule has 3 aromatic rings. The Kier molecular flexibility index (Phi) is 25.9. The first-order valence-electron chi connectivity index (χ1n) is 30.8. The zero-order valence-electron chi connectivity index (χ0n) is 52.6. The number of nitrogens with two attached hydrogens (primary N) is 1. The number of ketones is 6. The fourth-order valence-electron chi connectivity index (χ4n) is 11.8. The first-order chi connectivity index (χ1) is 44.3. The predicted molar refractivity (Wildman–Crippen MR) is 326 cm³/mol. The average molecular weight is 1320 g/mol. The summed E-state index contributed by atoms with van der Waals surface area (Å²) < 4.78 is 17.6. The van der Waals surface area contributed by atoms with Gasteiger partial charge in [0.15, 0.2) is 41.0 Å². The summed E-state index contributed by atoms with van der Waals surface area (Å²) in [6.45, 7) is 6.12. The van der Waals surface area contributed by atoms with Crippen molar-refractivity contribution in [1.29, 1.82) is 0 Å². The molecule has 1 unspecified atom stereocenters. The highest BCUT2D eigenvalue weighted by molar-refractivity contribution is 6.31. The highest BCUT2D eigenvalue weighted by Crippen LogP contribution is 2.52. The zero-order valence-corrected chi connectivity index (χ0v) is 52.6. The number of benzene rings is 3. The Labute approximate surface area is 539 Å². The minimum absolute atomic E-state index is 0.0129. The van der Waals surface area contributed by atoms with E-state index in [0.717, 1.165) is 0 Å². The van der Waals surface area contributed by atoms with Crippen LogP contribution in [0.25, 0.3) is 0 Å². The molecule has 11 atom stereocenters. The van der Waals surface area contributed by atoms with Gasteiger partial charge in [-0.3, -0.25) is 57.5 Å². The van der Waals surface area contributed by atoms with Crippen molar-refractivity contribution < 1.29 is 117 Å². The summed E-state index contributed by atoms with van der Waals surface area (Å²) in [7, 11) is 0. The summed E-state index contributed by atoms with van der Waals surface area (Å²) in [5.41, 5.74) is 2.44. The van der Waals surface area contributed by atoms with Gasteiger partial charge in [-0.05, 0) is 62.3 Å². The van der Waals surface area contributed by atoms with Crippen molar-refractivity contribution in [2.45, 2.75) is 173 Å². The van der Waals surface area contributed by atoms with Crippen molar-refractivity contribution in [3.05, 3.63) is 92.5 Å². The lowest BCUT2D eigenvalue weighted by Gasteiger charge is -2.42. The third kappa shape index (κ3) is 18.7. The Morgan fingerprint density at radius 2 is 1.40 bits per heavy atom. The number of unbranched alkanes of at least 4 members (excludes halogenated alkanes) is 1. The van der Waals surface area contributed by atoms with Gasteiger partial charge in [-0.2, -0.15) is 0 Å². The van der Waals surface area contributed by atoms with Gasteiger partial charge in [-0.15, -0.1) is 0 Å². The number of aliphatic carboxylic acids is 3. The summed E-state index contributed by atoms with van der Waals surface area (Å²) in [6.07, 6.45) is -11.1. The van der Waals surface area contributed by atoms with Crippen molar-refractivity contribution in [2.24, 2.45) is 29.4 Å². The summed E-state index contributed by atoms with van der Waals surface area (Å²) in [5, 5.41) is 94.9. The van der Waals surface area contributed by atoms with Crippen LogP contribution in [0.1, 0.15) is 164 Å². The number of phenolic OH excluding ortho intramolecular Hbond substituents is 2. The van der Waals surface area contributed by atoms with E-state index in [4.69, 9.17) is 19.9 Å². The number of ether oxygens (including phenoxy) is 3. The highest BCUT2D eigenvalue weighted by atomic mass is 16.7. The van der Waals surface area contributed by atoms with E-state index in [1.165, 1.54) is 57.2 Å². The Morgan fingerprint density at radius 3 is 2.03 bits per heavy atom. The Hall–Kier alpha value is -8.87. The molecule has 0 aromatic heterocycles. The maximum Gasteiger partial charge on any atom is 0.407 e. The van der Waals surface area contributed by atoms with Crippen molar-refractivity contribution in [3.63, 3.8) is 0 Å². The molecule has 29 heteroatoms. The molecular formula is C65H81N5O24. The van der Waals surface area contributed by atoms with Crippen LogP contribution >= 0.6 is 0 Å². The largest absolute Gasteiger partial charge is 0.507 e. The molecule has 4 amide bonds. The molecule has 0 saturated carbocycles. The lowest BCUT2D eigenvalue weighted by Crippen LogP contribution is -2.56. The molecule has 1 heterocycles. The number of aromatic hydroxyl groups is 2. The van der Waals surface area contributed by atoms with Crippen LogP contribution in [0, 0.1) is 30.6 Å². The van der Waals surface area contributed by atoms with Gasteiger partial charge in [0.25, 0.3) is 0 Å². The smallest absolute Gasteiger partial charge is 0.407 e. The van der Waals surface area contributed by atoms with Gasteiger partial charge < -0.3 is 82.1 Å².